The minimum Gasteiger partial charge on any atom is -0.460 e. The highest BCUT2D eigenvalue weighted by atomic mass is 35.5. The minimum atomic E-state index is -0.836. The second kappa shape index (κ2) is 5.82. The Morgan fingerprint density at radius 3 is 2.53 bits per heavy atom. The molecule has 1 rings (SSSR count). The number of Topliss-reactive ketones (excluding diaryl/α,β-unsaturated/α-hetero) is 1. The van der Waals surface area contributed by atoms with Gasteiger partial charge in [-0.15, -0.1) is 0 Å². The van der Waals surface area contributed by atoms with Gasteiger partial charge in [-0.1, -0.05) is 31.5 Å². The maximum Gasteiger partial charge on any atom is 0.379 e. The van der Waals surface area contributed by atoms with Crippen molar-refractivity contribution in [1.29, 1.82) is 0 Å². The zero-order chi connectivity index (χ0) is 13.0. The van der Waals surface area contributed by atoms with Gasteiger partial charge >= 0.3 is 5.97 Å². The van der Waals surface area contributed by atoms with E-state index in [4.69, 9.17) is 16.3 Å². The van der Waals surface area contributed by atoms with Crippen molar-refractivity contribution < 1.29 is 14.3 Å². The van der Waals surface area contributed by atoms with Crippen molar-refractivity contribution >= 4 is 23.4 Å². The Morgan fingerprint density at radius 1 is 1.35 bits per heavy atom. The van der Waals surface area contributed by atoms with E-state index >= 15 is 0 Å². The first kappa shape index (κ1) is 13.7. The van der Waals surface area contributed by atoms with Crippen molar-refractivity contribution in [2.75, 3.05) is 6.61 Å². The third-order valence-corrected chi connectivity index (χ3v) is 2.58. The molecule has 92 valence electrons. The molecule has 0 radical (unpaired) electrons. The van der Waals surface area contributed by atoms with E-state index in [-0.39, 0.29) is 12.5 Å². The van der Waals surface area contributed by atoms with Crippen molar-refractivity contribution in [1.82, 2.24) is 0 Å². The van der Waals surface area contributed by atoms with Crippen LogP contribution in [0.2, 0.25) is 5.02 Å². The van der Waals surface area contributed by atoms with E-state index in [9.17, 15) is 9.59 Å². The first-order valence-electron chi connectivity index (χ1n) is 5.48. The van der Waals surface area contributed by atoms with Crippen LogP contribution >= 0.6 is 11.6 Å². The number of ketones is 1. The Morgan fingerprint density at radius 2 is 2.00 bits per heavy atom. The van der Waals surface area contributed by atoms with E-state index in [2.05, 4.69) is 0 Å². The molecule has 0 saturated heterocycles. The Hall–Kier alpha value is -1.35. The lowest BCUT2D eigenvalue weighted by Crippen LogP contribution is -2.19. The molecule has 1 aromatic carbocycles. The molecule has 4 heteroatoms. The molecule has 0 aliphatic rings. The van der Waals surface area contributed by atoms with Gasteiger partial charge in [-0.05, 0) is 30.5 Å². The molecule has 0 atom stereocenters. The molecule has 0 heterocycles. The quantitative estimate of drug-likeness (QED) is 0.471. The molecule has 0 bridgehead atoms. The Bertz CT molecular complexity index is 438. The predicted molar refractivity (Wildman–Crippen MR) is 66.5 cm³/mol. The summed E-state index contributed by atoms with van der Waals surface area (Å²) in [5.41, 5.74) is 1.12. The van der Waals surface area contributed by atoms with Crippen LogP contribution in [0.5, 0.6) is 0 Å². The maximum atomic E-state index is 11.9. The van der Waals surface area contributed by atoms with Crippen LogP contribution in [0.4, 0.5) is 0 Å². The molecule has 0 N–H and O–H groups in total. The van der Waals surface area contributed by atoms with Gasteiger partial charge in [-0.2, -0.15) is 0 Å². The van der Waals surface area contributed by atoms with Crippen LogP contribution in [0.1, 0.15) is 42.6 Å². The lowest BCUT2D eigenvalue weighted by molar-refractivity contribution is -0.137. The number of benzene rings is 1. The van der Waals surface area contributed by atoms with E-state index in [0.29, 0.717) is 10.6 Å². The van der Waals surface area contributed by atoms with Gasteiger partial charge in [-0.25, -0.2) is 4.79 Å². The van der Waals surface area contributed by atoms with Crippen molar-refractivity contribution in [2.24, 2.45) is 0 Å². The van der Waals surface area contributed by atoms with Crippen molar-refractivity contribution in [3.8, 4) is 0 Å². The van der Waals surface area contributed by atoms with E-state index in [1.807, 2.05) is 13.8 Å². The largest absolute Gasteiger partial charge is 0.460 e. The van der Waals surface area contributed by atoms with Crippen LogP contribution in [0.15, 0.2) is 18.2 Å². The SMILES string of the molecule is CCOC(=O)C(=O)c1cc(Cl)ccc1C(C)C. The summed E-state index contributed by atoms with van der Waals surface area (Å²) in [6.07, 6.45) is 0. The molecule has 0 aromatic heterocycles. The first-order chi connectivity index (χ1) is 7.97. The summed E-state index contributed by atoms with van der Waals surface area (Å²) in [5, 5.41) is 0.432. The maximum absolute atomic E-state index is 11.9. The fourth-order valence-electron chi connectivity index (χ4n) is 1.54. The highest BCUT2D eigenvalue weighted by Crippen LogP contribution is 2.23. The minimum absolute atomic E-state index is 0.139. The van der Waals surface area contributed by atoms with Gasteiger partial charge in [0.25, 0.3) is 5.78 Å². The smallest absolute Gasteiger partial charge is 0.379 e. The molecular formula is C13H15ClO3. The van der Waals surface area contributed by atoms with Crippen LogP contribution in [0.25, 0.3) is 0 Å². The fourth-order valence-corrected chi connectivity index (χ4v) is 1.71. The number of halogens is 1. The highest BCUT2D eigenvalue weighted by molar-refractivity contribution is 6.41. The van der Waals surface area contributed by atoms with E-state index in [1.54, 1.807) is 19.1 Å². The van der Waals surface area contributed by atoms with Gasteiger partial charge in [0.1, 0.15) is 0 Å². The number of hydrogen-bond acceptors (Lipinski definition) is 3. The van der Waals surface area contributed by atoms with Gasteiger partial charge in [0.15, 0.2) is 0 Å². The van der Waals surface area contributed by atoms with Crippen LogP contribution < -0.4 is 0 Å². The predicted octanol–water partition coefficient (Wildman–Crippen LogP) is 3.21. The number of carbonyl (C=O) groups excluding carboxylic acids is 2. The van der Waals surface area contributed by atoms with Gasteiger partial charge in [0.05, 0.1) is 6.61 Å². The molecule has 0 amide bonds. The first-order valence-corrected chi connectivity index (χ1v) is 5.86. The molecule has 0 fully saturated rings. The lowest BCUT2D eigenvalue weighted by Gasteiger charge is -2.11. The summed E-state index contributed by atoms with van der Waals surface area (Å²) in [6, 6.07) is 4.98. The molecule has 3 nitrogen and oxygen atoms in total. The monoisotopic (exact) mass is 254 g/mol. The highest BCUT2D eigenvalue weighted by Gasteiger charge is 2.22. The fraction of sp³-hybridized carbons (Fsp3) is 0.385. The standard InChI is InChI=1S/C13H15ClO3/c1-4-17-13(16)12(15)11-7-9(14)5-6-10(11)8(2)3/h5-8H,4H2,1-3H3. The molecule has 1 aromatic rings. The zero-order valence-electron chi connectivity index (χ0n) is 10.1. The normalized spacial score (nSPS) is 10.4. The lowest BCUT2D eigenvalue weighted by atomic mass is 9.95. The average molecular weight is 255 g/mol. The average Bonchev–Trinajstić information content (AvgIpc) is 2.27. The van der Waals surface area contributed by atoms with Crippen molar-refractivity contribution in [3.05, 3.63) is 34.3 Å². The molecule has 0 aliphatic carbocycles. The van der Waals surface area contributed by atoms with Gasteiger partial charge < -0.3 is 4.74 Å². The van der Waals surface area contributed by atoms with E-state index < -0.39 is 11.8 Å². The summed E-state index contributed by atoms with van der Waals surface area (Å²) in [6.45, 7) is 5.74. The third kappa shape index (κ3) is 3.30. The molecule has 0 unspecified atom stereocenters. The second-order valence-electron chi connectivity index (χ2n) is 3.94. The Kier molecular flexibility index (Phi) is 4.70. The van der Waals surface area contributed by atoms with E-state index in [1.165, 1.54) is 6.07 Å². The summed E-state index contributed by atoms with van der Waals surface area (Å²) < 4.78 is 4.70. The summed E-state index contributed by atoms with van der Waals surface area (Å²) in [4.78, 5) is 23.3. The molecular weight excluding hydrogens is 240 g/mol. The van der Waals surface area contributed by atoms with Gasteiger partial charge in [-0.3, -0.25) is 4.79 Å². The topological polar surface area (TPSA) is 43.4 Å². The molecule has 0 saturated carbocycles. The Labute approximate surface area is 106 Å². The molecule has 0 aliphatic heterocycles. The molecule has 0 spiro atoms. The van der Waals surface area contributed by atoms with Crippen LogP contribution in [0, 0.1) is 0 Å². The second-order valence-corrected chi connectivity index (χ2v) is 4.37. The third-order valence-electron chi connectivity index (χ3n) is 2.34. The number of ether oxygens (including phenoxy) is 1. The summed E-state index contributed by atoms with van der Waals surface area (Å²) >= 11 is 5.84. The van der Waals surface area contributed by atoms with Crippen LogP contribution in [0.3, 0.4) is 0 Å². The van der Waals surface area contributed by atoms with Crippen LogP contribution in [-0.2, 0) is 9.53 Å². The van der Waals surface area contributed by atoms with E-state index in [0.717, 1.165) is 5.56 Å². The van der Waals surface area contributed by atoms with Crippen molar-refractivity contribution in [2.45, 2.75) is 26.7 Å². The number of carbonyl (C=O) groups is 2. The molecule has 17 heavy (non-hydrogen) atoms. The zero-order valence-corrected chi connectivity index (χ0v) is 10.9. The van der Waals surface area contributed by atoms with Gasteiger partial charge in [0, 0.05) is 10.6 Å². The van der Waals surface area contributed by atoms with Gasteiger partial charge in [0.2, 0.25) is 0 Å². The number of hydrogen-bond donors (Lipinski definition) is 0. The van der Waals surface area contributed by atoms with Crippen molar-refractivity contribution in [3.63, 3.8) is 0 Å². The summed E-state index contributed by atoms with van der Waals surface area (Å²) in [5.74, 6) is -1.34. The summed E-state index contributed by atoms with van der Waals surface area (Å²) in [7, 11) is 0. The number of rotatable bonds is 4. The number of esters is 1. The Balaban J connectivity index is 3.15. The van der Waals surface area contributed by atoms with Crippen LogP contribution in [-0.4, -0.2) is 18.4 Å².